The van der Waals surface area contributed by atoms with Crippen molar-refractivity contribution in [3.8, 4) is 0 Å². The molecule has 0 fully saturated rings. The van der Waals surface area contributed by atoms with Crippen LogP contribution in [0.25, 0.3) is 0 Å². The molecule has 0 bridgehead atoms. The zero-order valence-corrected chi connectivity index (χ0v) is 16.4. The Morgan fingerprint density at radius 1 is 0.906 bits per heavy atom. The summed E-state index contributed by atoms with van der Waals surface area (Å²) in [6, 6.07) is 11.2. The molecule has 2 aromatic carbocycles. The maximum Gasteiger partial charge on any atom is 0.355 e. The molecule has 1 aromatic heterocycles. The van der Waals surface area contributed by atoms with Crippen LogP contribution in [0.4, 0.5) is 28.7 Å². The van der Waals surface area contributed by atoms with Gasteiger partial charge in [0.05, 0.1) is 9.85 Å². The summed E-state index contributed by atoms with van der Waals surface area (Å²) in [4.78, 5) is 52.4. The first kappa shape index (κ1) is 21.8. The second kappa shape index (κ2) is 9.25. The van der Waals surface area contributed by atoms with Crippen LogP contribution in [0.1, 0.15) is 27.6 Å². The van der Waals surface area contributed by atoms with Gasteiger partial charge >= 0.3 is 5.69 Å². The van der Waals surface area contributed by atoms with Gasteiger partial charge in [-0.25, -0.2) is 9.97 Å². The van der Waals surface area contributed by atoms with E-state index in [-0.39, 0.29) is 28.7 Å². The maximum absolute atomic E-state index is 12.3. The van der Waals surface area contributed by atoms with Gasteiger partial charge in [0.2, 0.25) is 11.6 Å². The molecule has 0 aliphatic heterocycles. The maximum atomic E-state index is 12.3. The number of nitrogens with zero attached hydrogens (tertiary/aromatic N) is 4. The van der Waals surface area contributed by atoms with Crippen LogP contribution < -0.4 is 16.2 Å². The number of carbonyl (C=O) groups excluding carboxylic acids is 2. The lowest BCUT2D eigenvalue weighted by Gasteiger charge is -2.11. The fraction of sp³-hybridized carbons (Fsp3) is 0.0526. The number of nitro benzene ring substituents is 1. The molecule has 13 nitrogen and oxygen atoms in total. The molecule has 3 N–H and O–H groups in total. The molecule has 0 saturated carbocycles. The standard InChI is InChI=1S/C19H15N7O6/c1-11(27)12-5-7-14(8-6-12)22-17-16(26(31)32)18(21-10-20-17)23-24-19(28)13-3-2-4-15(9-13)25(29)30/h2-10H,1H3,(H,24,28)(H2,20,21,22,23). The highest BCUT2D eigenvalue weighted by atomic mass is 16.6. The van der Waals surface area contributed by atoms with Crippen LogP contribution in [0.5, 0.6) is 0 Å². The zero-order valence-electron chi connectivity index (χ0n) is 16.4. The summed E-state index contributed by atoms with van der Waals surface area (Å²) in [5, 5.41) is 25.2. The van der Waals surface area contributed by atoms with Crippen molar-refractivity contribution in [2.75, 3.05) is 10.7 Å². The van der Waals surface area contributed by atoms with Crippen molar-refractivity contribution in [1.82, 2.24) is 15.4 Å². The normalized spacial score (nSPS) is 10.2. The second-order valence-electron chi connectivity index (χ2n) is 6.32. The average molecular weight is 437 g/mol. The number of aromatic nitrogens is 2. The van der Waals surface area contributed by atoms with Gasteiger partial charge in [-0.2, -0.15) is 0 Å². The fourth-order valence-electron chi connectivity index (χ4n) is 2.61. The molecule has 0 aliphatic rings. The Morgan fingerprint density at radius 3 is 2.22 bits per heavy atom. The van der Waals surface area contributed by atoms with Gasteiger partial charge in [-0.05, 0) is 37.3 Å². The molecule has 1 heterocycles. The molecule has 13 heteroatoms. The van der Waals surface area contributed by atoms with Gasteiger partial charge in [0.1, 0.15) is 6.33 Å². The Labute approximate surface area is 179 Å². The fourth-order valence-corrected chi connectivity index (χ4v) is 2.61. The molecule has 162 valence electrons. The lowest BCUT2D eigenvalue weighted by atomic mass is 10.1. The summed E-state index contributed by atoms with van der Waals surface area (Å²) in [5.74, 6) is -1.37. The van der Waals surface area contributed by atoms with Crippen LogP contribution in [0, 0.1) is 20.2 Å². The van der Waals surface area contributed by atoms with Crippen molar-refractivity contribution in [1.29, 1.82) is 0 Å². The summed E-state index contributed by atoms with van der Waals surface area (Å²) in [7, 11) is 0. The van der Waals surface area contributed by atoms with E-state index in [2.05, 4.69) is 26.1 Å². The van der Waals surface area contributed by atoms with Crippen LogP contribution in [0.3, 0.4) is 0 Å². The number of carbonyl (C=O) groups is 2. The molecule has 3 rings (SSSR count). The van der Waals surface area contributed by atoms with E-state index >= 15 is 0 Å². The SMILES string of the molecule is CC(=O)c1ccc(Nc2ncnc(NNC(=O)c3cccc([N+](=O)[O-])c3)c2[N+](=O)[O-])cc1. The number of nitrogens with one attached hydrogen (secondary N) is 3. The Balaban J connectivity index is 1.81. The third-order valence-corrected chi connectivity index (χ3v) is 4.17. The van der Waals surface area contributed by atoms with E-state index in [0.717, 1.165) is 12.4 Å². The smallest absolute Gasteiger partial charge is 0.334 e. The molecular weight excluding hydrogens is 422 g/mol. The number of hydrazine groups is 1. The molecule has 0 unspecified atom stereocenters. The van der Waals surface area contributed by atoms with Crippen molar-refractivity contribution in [2.24, 2.45) is 0 Å². The quantitative estimate of drug-likeness (QED) is 0.269. The highest BCUT2D eigenvalue weighted by Crippen LogP contribution is 2.30. The second-order valence-corrected chi connectivity index (χ2v) is 6.32. The minimum absolute atomic E-state index is 0.0349. The molecule has 1 amide bonds. The van der Waals surface area contributed by atoms with Crippen LogP contribution in [-0.2, 0) is 0 Å². The predicted molar refractivity (Wildman–Crippen MR) is 113 cm³/mol. The van der Waals surface area contributed by atoms with Crippen LogP contribution in [-0.4, -0.2) is 31.5 Å². The largest absolute Gasteiger partial charge is 0.355 e. The van der Waals surface area contributed by atoms with Gasteiger partial charge in [0.15, 0.2) is 5.78 Å². The van der Waals surface area contributed by atoms with Gasteiger partial charge in [0, 0.05) is 28.9 Å². The first-order valence-electron chi connectivity index (χ1n) is 8.94. The molecule has 0 aliphatic carbocycles. The number of anilines is 3. The van der Waals surface area contributed by atoms with Gasteiger partial charge in [0.25, 0.3) is 11.6 Å². The van der Waals surface area contributed by atoms with E-state index in [1.54, 1.807) is 24.3 Å². The van der Waals surface area contributed by atoms with Crippen LogP contribution >= 0.6 is 0 Å². The molecule has 0 radical (unpaired) electrons. The van der Waals surface area contributed by atoms with Crippen molar-refractivity contribution in [3.63, 3.8) is 0 Å². The number of nitro groups is 2. The average Bonchev–Trinajstić information content (AvgIpc) is 2.77. The molecule has 0 atom stereocenters. The lowest BCUT2D eigenvalue weighted by molar-refractivity contribution is -0.384. The zero-order chi connectivity index (χ0) is 23.3. The molecule has 0 saturated heterocycles. The third kappa shape index (κ3) is 4.96. The van der Waals surface area contributed by atoms with Crippen LogP contribution in [0.2, 0.25) is 0 Å². The molecular formula is C19H15N7O6. The van der Waals surface area contributed by atoms with Gasteiger partial charge in [-0.1, -0.05) is 6.07 Å². The van der Waals surface area contributed by atoms with E-state index in [4.69, 9.17) is 0 Å². The van der Waals surface area contributed by atoms with Gasteiger partial charge < -0.3 is 5.32 Å². The summed E-state index contributed by atoms with van der Waals surface area (Å²) in [5.41, 5.74) is 4.59. The first-order valence-corrected chi connectivity index (χ1v) is 8.94. The number of hydrogen-bond acceptors (Lipinski definition) is 10. The number of ketones is 1. The van der Waals surface area contributed by atoms with E-state index in [1.165, 1.54) is 25.1 Å². The topological polar surface area (TPSA) is 182 Å². The lowest BCUT2D eigenvalue weighted by Crippen LogP contribution is -2.30. The third-order valence-electron chi connectivity index (χ3n) is 4.17. The number of non-ortho nitro benzene ring substituents is 1. The number of amides is 1. The minimum Gasteiger partial charge on any atom is -0.334 e. The number of Topliss-reactive ketones (excluding diaryl/α,β-unsaturated/α-hetero) is 1. The Hall–Kier alpha value is -4.94. The number of benzene rings is 2. The summed E-state index contributed by atoms with van der Waals surface area (Å²) >= 11 is 0. The Morgan fingerprint density at radius 2 is 1.59 bits per heavy atom. The summed E-state index contributed by atoms with van der Waals surface area (Å²) < 4.78 is 0. The number of rotatable bonds is 8. The van der Waals surface area contributed by atoms with E-state index in [9.17, 15) is 29.8 Å². The summed E-state index contributed by atoms with van der Waals surface area (Å²) in [6.07, 6.45) is 1.04. The highest BCUT2D eigenvalue weighted by molar-refractivity contribution is 5.96. The van der Waals surface area contributed by atoms with Gasteiger partial charge in [-0.15, -0.1) is 0 Å². The monoisotopic (exact) mass is 437 g/mol. The van der Waals surface area contributed by atoms with Gasteiger partial charge in [-0.3, -0.25) is 40.7 Å². The van der Waals surface area contributed by atoms with E-state index in [1.807, 2.05) is 0 Å². The van der Waals surface area contributed by atoms with Crippen molar-refractivity contribution in [2.45, 2.75) is 6.92 Å². The number of hydrogen-bond donors (Lipinski definition) is 3. The van der Waals surface area contributed by atoms with Crippen molar-refractivity contribution in [3.05, 3.63) is 86.2 Å². The Bertz CT molecular complexity index is 1210. The Kier molecular flexibility index (Phi) is 6.29. The molecule has 3 aromatic rings. The minimum atomic E-state index is -0.768. The predicted octanol–water partition coefficient (Wildman–Crippen LogP) is 3.00. The summed E-state index contributed by atoms with van der Waals surface area (Å²) in [6.45, 7) is 1.41. The van der Waals surface area contributed by atoms with Crippen molar-refractivity contribution < 1.29 is 19.4 Å². The van der Waals surface area contributed by atoms with E-state index < -0.39 is 21.4 Å². The molecule has 32 heavy (non-hydrogen) atoms. The highest BCUT2D eigenvalue weighted by Gasteiger charge is 2.24. The van der Waals surface area contributed by atoms with E-state index in [0.29, 0.717) is 11.3 Å². The van der Waals surface area contributed by atoms with Crippen molar-refractivity contribution >= 4 is 40.4 Å². The molecule has 0 spiro atoms. The first-order chi connectivity index (χ1) is 15.3. The van der Waals surface area contributed by atoms with Crippen LogP contribution in [0.15, 0.2) is 54.9 Å².